The van der Waals surface area contributed by atoms with Crippen LogP contribution in [0.5, 0.6) is 11.6 Å². The van der Waals surface area contributed by atoms with Gasteiger partial charge in [0, 0.05) is 4.88 Å². The maximum atomic E-state index is 8.80. The highest BCUT2D eigenvalue weighted by Crippen LogP contribution is 2.33. The predicted octanol–water partition coefficient (Wildman–Crippen LogP) is 3.50. The zero-order chi connectivity index (χ0) is 14.8. The van der Waals surface area contributed by atoms with Crippen molar-refractivity contribution in [1.82, 2.24) is 9.97 Å². The molecule has 3 aromatic rings. The Morgan fingerprint density at radius 1 is 1.29 bits per heavy atom. The lowest BCUT2D eigenvalue weighted by atomic mass is 10.2. The molecule has 0 aliphatic heterocycles. The SMILES string of the molecule is CCc1cc2c(Oc3ccc(C#N)cc3)nc(N)nc2s1. The number of aryl methyl sites for hydroxylation is 1. The Balaban J connectivity index is 2.02. The Kier molecular flexibility index (Phi) is 3.42. The maximum absolute atomic E-state index is 8.80. The molecule has 0 aliphatic rings. The normalized spacial score (nSPS) is 10.5. The number of hydrogen-bond acceptors (Lipinski definition) is 6. The first kappa shape index (κ1) is 13.3. The third-order valence-electron chi connectivity index (χ3n) is 2.97. The van der Waals surface area contributed by atoms with E-state index in [9.17, 15) is 0 Å². The topological polar surface area (TPSA) is 84.8 Å². The Hall–Kier alpha value is -2.65. The highest BCUT2D eigenvalue weighted by Gasteiger charge is 2.12. The zero-order valence-electron chi connectivity index (χ0n) is 11.3. The van der Waals surface area contributed by atoms with Gasteiger partial charge in [0.2, 0.25) is 11.8 Å². The van der Waals surface area contributed by atoms with Crippen molar-refractivity contribution in [2.75, 3.05) is 5.73 Å². The highest BCUT2D eigenvalue weighted by molar-refractivity contribution is 7.18. The van der Waals surface area contributed by atoms with Crippen LogP contribution in [-0.4, -0.2) is 9.97 Å². The average Bonchev–Trinajstić information content (AvgIpc) is 2.91. The Morgan fingerprint density at radius 3 is 2.71 bits per heavy atom. The zero-order valence-corrected chi connectivity index (χ0v) is 12.1. The number of thiophene rings is 1. The summed E-state index contributed by atoms with van der Waals surface area (Å²) >= 11 is 1.59. The van der Waals surface area contributed by atoms with Crippen LogP contribution in [0.25, 0.3) is 10.2 Å². The molecule has 104 valence electrons. The van der Waals surface area contributed by atoms with E-state index in [-0.39, 0.29) is 5.95 Å². The number of rotatable bonds is 3. The van der Waals surface area contributed by atoms with E-state index in [1.165, 1.54) is 4.88 Å². The van der Waals surface area contributed by atoms with Gasteiger partial charge >= 0.3 is 0 Å². The third-order valence-corrected chi connectivity index (χ3v) is 4.15. The second kappa shape index (κ2) is 5.38. The van der Waals surface area contributed by atoms with Crippen LogP contribution in [0, 0.1) is 11.3 Å². The van der Waals surface area contributed by atoms with Gasteiger partial charge in [-0.1, -0.05) is 6.92 Å². The molecular formula is C15H12N4OS. The average molecular weight is 296 g/mol. The van der Waals surface area contributed by atoms with Crippen LogP contribution >= 0.6 is 11.3 Å². The molecule has 0 fully saturated rings. The summed E-state index contributed by atoms with van der Waals surface area (Å²) in [6, 6.07) is 11.0. The smallest absolute Gasteiger partial charge is 0.232 e. The van der Waals surface area contributed by atoms with Crippen LogP contribution in [-0.2, 0) is 6.42 Å². The van der Waals surface area contributed by atoms with Crippen LogP contribution in [0.2, 0.25) is 0 Å². The number of aromatic nitrogens is 2. The molecule has 0 radical (unpaired) electrons. The molecule has 2 heterocycles. The molecule has 0 aliphatic carbocycles. The highest BCUT2D eigenvalue weighted by atomic mass is 32.1. The summed E-state index contributed by atoms with van der Waals surface area (Å²) in [5.74, 6) is 1.24. The van der Waals surface area contributed by atoms with E-state index >= 15 is 0 Å². The molecule has 5 nitrogen and oxygen atoms in total. The fourth-order valence-corrected chi connectivity index (χ4v) is 2.89. The quantitative estimate of drug-likeness (QED) is 0.799. The predicted molar refractivity (Wildman–Crippen MR) is 82.4 cm³/mol. The molecule has 1 aromatic carbocycles. The van der Waals surface area contributed by atoms with E-state index in [1.54, 1.807) is 35.6 Å². The largest absolute Gasteiger partial charge is 0.438 e. The van der Waals surface area contributed by atoms with Gasteiger partial charge < -0.3 is 10.5 Å². The summed E-state index contributed by atoms with van der Waals surface area (Å²) in [7, 11) is 0. The minimum atomic E-state index is 0.190. The van der Waals surface area contributed by atoms with Crippen molar-refractivity contribution >= 4 is 27.5 Å². The minimum absolute atomic E-state index is 0.190. The molecule has 0 amide bonds. The van der Waals surface area contributed by atoms with Gasteiger partial charge in [0.05, 0.1) is 17.0 Å². The number of benzene rings is 1. The van der Waals surface area contributed by atoms with Crippen molar-refractivity contribution in [3.05, 3.63) is 40.8 Å². The van der Waals surface area contributed by atoms with E-state index in [2.05, 4.69) is 23.0 Å². The van der Waals surface area contributed by atoms with Gasteiger partial charge in [-0.2, -0.15) is 10.2 Å². The molecule has 0 atom stereocenters. The van der Waals surface area contributed by atoms with E-state index in [0.717, 1.165) is 16.6 Å². The first-order valence-corrected chi connectivity index (χ1v) is 7.25. The molecule has 2 aromatic heterocycles. The second-order valence-corrected chi connectivity index (χ2v) is 5.53. The molecule has 0 saturated carbocycles. The van der Waals surface area contributed by atoms with Crippen molar-refractivity contribution < 1.29 is 4.74 Å². The van der Waals surface area contributed by atoms with Gasteiger partial charge in [0.15, 0.2) is 0 Å². The van der Waals surface area contributed by atoms with Crippen LogP contribution in [0.15, 0.2) is 30.3 Å². The maximum Gasteiger partial charge on any atom is 0.232 e. The summed E-state index contributed by atoms with van der Waals surface area (Å²) in [6.45, 7) is 2.09. The molecule has 21 heavy (non-hydrogen) atoms. The summed E-state index contributed by atoms with van der Waals surface area (Å²) in [5.41, 5.74) is 6.32. The number of nitrogens with zero attached hydrogens (tertiary/aromatic N) is 3. The monoisotopic (exact) mass is 296 g/mol. The number of ether oxygens (including phenoxy) is 1. The van der Waals surface area contributed by atoms with Crippen LogP contribution < -0.4 is 10.5 Å². The molecule has 3 rings (SSSR count). The molecule has 0 unspecified atom stereocenters. The molecule has 0 saturated heterocycles. The van der Waals surface area contributed by atoms with E-state index < -0.39 is 0 Å². The lowest BCUT2D eigenvalue weighted by Gasteiger charge is -2.06. The lowest BCUT2D eigenvalue weighted by Crippen LogP contribution is -1.97. The summed E-state index contributed by atoms with van der Waals surface area (Å²) in [6.07, 6.45) is 0.928. The Labute approximate surface area is 125 Å². The Bertz CT molecular complexity index is 833. The van der Waals surface area contributed by atoms with Crippen LogP contribution in [0.4, 0.5) is 5.95 Å². The van der Waals surface area contributed by atoms with Gasteiger partial charge in [0.1, 0.15) is 10.6 Å². The molecular weight excluding hydrogens is 284 g/mol. The molecule has 0 spiro atoms. The summed E-state index contributed by atoms with van der Waals surface area (Å²) in [5, 5.41) is 9.66. The van der Waals surface area contributed by atoms with Crippen molar-refractivity contribution in [1.29, 1.82) is 5.26 Å². The number of nitrogen functional groups attached to an aromatic ring is 1. The van der Waals surface area contributed by atoms with Gasteiger partial charge in [0.25, 0.3) is 0 Å². The number of nitriles is 1. The third kappa shape index (κ3) is 2.64. The van der Waals surface area contributed by atoms with Crippen molar-refractivity contribution in [3.8, 4) is 17.7 Å². The van der Waals surface area contributed by atoms with Crippen molar-refractivity contribution in [2.45, 2.75) is 13.3 Å². The van der Waals surface area contributed by atoms with E-state index in [4.69, 9.17) is 15.7 Å². The summed E-state index contributed by atoms with van der Waals surface area (Å²) < 4.78 is 5.80. The number of anilines is 1. The lowest BCUT2D eigenvalue weighted by molar-refractivity contribution is 0.469. The first-order chi connectivity index (χ1) is 10.2. The number of nitrogens with two attached hydrogens (primary N) is 1. The van der Waals surface area contributed by atoms with Gasteiger partial charge in [-0.3, -0.25) is 0 Å². The van der Waals surface area contributed by atoms with E-state index in [1.807, 2.05) is 6.07 Å². The molecule has 6 heteroatoms. The second-order valence-electron chi connectivity index (χ2n) is 4.41. The van der Waals surface area contributed by atoms with Crippen LogP contribution in [0.3, 0.4) is 0 Å². The van der Waals surface area contributed by atoms with E-state index in [0.29, 0.717) is 17.2 Å². The fourth-order valence-electron chi connectivity index (χ4n) is 1.92. The van der Waals surface area contributed by atoms with Gasteiger partial charge in [-0.05, 0) is 36.8 Å². The van der Waals surface area contributed by atoms with Crippen LogP contribution in [0.1, 0.15) is 17.4 Å². The van der Waals surface area contributed by atoms with Gasteiger partial charge in [-0.25, -0.2) is 4.98 Å². The van der Waals surface area contributed by atoms with Crippen molar-refractivity contribution in [3.63, 3.8) is 0 Å². The van der Waals surface area contributed by atoms with Gasteiger partial charge in [-0.15, -0.1) is 11.3 Å². The standard InChI is InChI=1S/C15H12N4OS/c1-2-11-7-12-13(18-15(17)19-14(12)21-11)20-10-5-3-9(8-16)4-6-10/h3-7H,2H2,1H3,(H2,17,18,19). The first-order valence-electron chi connectivity index (χ1n) is 6.43. The number of fused-ring (bicyclic) bond motifs is 1. The Morgan fingerprint density at radius 2 is 2.05 bits per heavy atom. The summed E-state index contributed by atoms with van der Waals surface area (Å²) in [4.78, 5) is 10.4. The van der Waals surface area contributed by atoms with Crippen molar-refractivity contribution in [2.24, 2.45) is 0 Å². The minimum Gasteiger partial charge on any atom is -0.438 e. The number of hydrogen-bond donors (Lipinski definition) is 1. The fraction of sp³-hybridized carbons (Fsp3) is 0.133. The molecule has 0 bridgehead atoms. The molecule has 2 N–H and O–H groups in total.